The fraction of sp³-hybridized carbons (Fsp3) is 0.562. The van der Waals surface area contributed by atoms with Crippen molar-refractivity contribution in [2.24, 2.45) is 5.92 Å². The van der Waals surface area contributed by atoms with Gasteiger partial charge < -0.3 is 4.90 Å². The van der Waals surface area contributed by atoms with Crippen LogP contribution in [0, 0.1) is 12.8 Å². The molecule has 3 heteroatoms. The maximum absolute atomic E-state index is 12.6. The number of rotatable bonds is 2. The number of hydrogen-bond acceptors (Lipinski definition) is 1. The number of amides is 1. The van der Waals surface area contributed by atoms with Gasteiger partial charge in [0.05, 0.1) is 0 Å². The standard InChI is InChI=1S/C16H22BrNO/c1-11-5-4-6-15(9-11)18(3)16(19)13-7-12(2)8-14(17)10-13/h7-8,10-11,15H,4-6,9H2,1-3H3. The summed E-state index contributed by atoms with van der Waals surface area (Å²) in [4.78, 5) is 14.5. The lowest BCUT2D eigenvalue weighted by Crippen LogP contribution is -2.39. The van der Waals surface area contributed by atoms with E-state index in [9.17, 15) is 4.79 Å². The minimum Gasteiger partial charge on any atom is -0.339 e. The average Bonchev–Trinajstić information content (AvgIpc) is 2.36. The number of aryl methyl sites for hydroxylation is 1. The van der Waals surface area contributed by atoms with Gasteiger partial charge in [-0.2, -0.15) is 0 Å². The molecule has 1 amide bonds. The Bertz CT molecular complexity index is 452. The maximum Gasteiger partial charge on any atom is 0.253 e. The Kier molecular flexibility index (Phi) is 4.67. The van der Waals surface area contributed by atoms with Gasteiger partial charge >= 0.3 is 0 Å². The van der Waals surface area contributed by atoms with Crippen LogP contribution in [0.25, 0.3) is 0 Å². The van der Waals surface area contributed by atoms with E-state index in [1.165, 1.54) is 12.8 Å². The van der Waals surface area contributed by atoms with Gasteiger partial charge in [0.1, 0.15) is 0 Å². The van der Waals surface area contributed by atoms with Crippen molar-refractivity contribution in [3.8, 4) is 0 Å². The van der Waals surface area contributed by atoms with Crippen LogP contribution < -0.4 is 0 Å². The molecule has 0 bridgehead atoms. The molecule has 0 saturated heterocycles. The van der Waals surface area contributed by atoms with Crippen LogP contribution in [0.3, 0.4) is 0 Å². The summed E-state index contributed by atoms with van der Waals surface area (Å²) in [6, 6.07) is 6.31. The minimum atomic E-state index is 0.142. The van der Waals surface area contributed by atoms with Gasteiger partial charge in [0.15, 0.2) is 0 Å². The molecule has 1 aromatic carbocycles. The number of hydrogen-bond donors (Lipinski definition) is 0. The second kappa shape index (κ2) is 6.08. The third-order valence-corrected chi connectivity index (χ3v) is 4.52. The zero-order valence-electron chi connectivity index (χ0n) is 11.9. The highest BCUT2D eigenvalue weighted by atomic mass is 79.9. The van der Waals surface area contributed by atoms with E-state index in [4.69, 9.17) is 0 Å². The largest absolute Gasteiger partial charge is 0.339 e. The number of carbonyl (C=O) groups is 1. The lowest BCUT2D eigenvalue weighted by Gasteiger charge is -2.34. The lowest BCUT2D eigenvalue weighted by atomic mass is 9.86. The summed E-state index contributed by atoms with van der Waals surface area (Å²) in [7, 11) is 1.95. The highest BCUT2D eigenvalue weighted by Gasteiger charge is 2.26. The summed E-state index contributed by atoms with van der Waals surface area (Å²) in [6.07, 6.45) is 4.81. The summed E-state index contributed by atoms with van der Waals surface area (Å²) < 4.78 is 0.973. The predicted molar refractivity (Wildman–Crippen MR) is 82.4 cm³/mol. The van der Waals surface area contributed by atoms with Crippen LogP contribution in [0.2, 0.25) is 0 Å². The SMILES string of the molecule is Cc1cc(Br)cc(C(=O)N(C)C2CCCC(C)C2)c1. The molecule has 2 unspecified atom stereocenters. The zero-order chi connectivity index (χ0) is 14.0. The smallest absolute Gasteiger partial charge is 0.253 e. The minimum absolute atomic E-state index is 0.142. The van der Waals surface area contributed by atoms with Gasteiger partial charge in [0.25, 0.3) is 5.91 Å². The fourth-order valence-corrected chi connectivity index (χ4v) is 3.59. The molecule has 0 radical (unpaired) electrons. The molecule has 2 atom stereocenters. The van der Waals surface area contributed by atoms with E-state index in [1.54, 1.807) is 0 Å². The van der Waals surface area contributed by atoms with E-state index in [0.29, 0.717) is 6.04 Å². The third-order valence-electron chi connectivity index (χ3n) is 4.07. The Morgan fingerprint density at radius 1 is 1.32 bits per heavy atom. The molecule has 2 rings (SSSR count). The highest BCUT2D eigenvalue weighted by Crippen LogP contribution is 2.28. The van der Waals surface area contributed by atoms with Crippen LogP contribution in [0.4, 0.5) is 0 Å². The molecule has 0 heterocycles. The molecule has 104 valence electrons. The van der Waals surface area contributed by atoms with Crippen LogP contribution in [0.5, 0.6) is 0 Å². The predicted octanol–water partition coefficient (Wildman–Crippen LogP) is 4.41. The van der Waals surface area contributed by atoms with Crippen LogP contribution in [0.15, 0.2) is 22.7 Å². The van der Waals surface area contributed by atoms with Crippen molar-refractivity contribution in [1.82, 2.24) is 4.90 Å². The van der Waals surface area contributed by atoms with E-state index >= 15 is 0 Å². The van der Waals surface area contributed by atoms with Crippen molar-refractivity contribution >= 4 is 21.8 Å². The van der Waals surface area contributed by atoms with Gasteiger partial charge in [-0.25, -0.2) is 0 Å². The monoisotopic (exact) mass is 323 g/mol. The lowest BCUT2D eigenvalue weighted by molar-refractivity contribution is 0.0672. The normalized spacial score (nSPS) is 23.2. The molecule has 1 aliphatic rings. The maximum atomic E-state index is 12.6. The molecule has 1 saturated carbocycles. The summed E-state index contributed by atoms with van der Waals surface area (Å²) in [6.45, 7) is 4.30. The molecule has 19 heavy (non-hydrogen) atoms. The van der Waals surface area contributed by atoms with Gasteiger partial charge in [-0.1, -0.05) is 35.7 Å². The van der Waals surface area contributed by atoms with Gasteiger partial charge in [0, 0.05) is 23.1 Å². The van der Waals surface area contributed by atoms with Gasteiger partial charge in [-0.3, -0.25) is 4.79 Å². The van der Waals surface area contributed by atoms with Crippen LogP contribution >= 0.6 is 15.9 Å². The Labute approximate surface area is 124 Å². The molecule has 0 spiro atoms. The molecule has 0 N–H and O–H groups in total. The number of nitrogens with zero attached hydrogens (tertiary/aromatic N) is 1. The van der Waals surface area contributed by atoms with Gasteiger partial charge in [-0.05, 0) is 49.4 Å². The molecular weight excluding hydrogens is 302 g/mol. The van der Waals surface area contributed by atoms with E-state index in [0.717, 1.165) is 34.4 Å². The van der Waals surface area contributed by atoms with Crippen molar-refractivity contribution in [2.75, 3.05) is 7.05 Å². The second-order valence-electron chi connectivity index (χ2n) is 5.86. The molecule has 1 aromatic rings. The molecule has 1 fully saturated rings. The second-order valence-corrected chi connectivity index (χ2v) is 6.77. The van der Waals surface area contributed by atoms with Crippen molar-refractivity contribution in [3.05, 3.63) is 33.8 Å². The Morgan fingerprint density at radius 2 is 2.05 bits per heavy atom. The van der Waals surface area contributed by atoms with Crippen molar-refractivity contribution in [1.29, 1.82) is 0 Å². The number of benzene rings is 1. The Hall–Kier alpha value is -0.830. The first-order valence-electron chi connectivity index (χ1n) is 7.01. The quantitative estimate of drug-likeness (QED) is 0.789. The van der Waals surface area contributed by atoms with Crippen molar-refractivity contribution in [3.63, 3.8) is 0 Å². The molecule has 0 aromatic heterocycles. The number of halogens is 1. The molecule has 2 nitrogen and oxygen atoms in total. The molecular formula is C16H22BrNO. The fourth-order valence-electron chi connectivity index (χ4n) is 2.98. The first kappa shape index (κ1) is 14.6. The summed E-state index contributed by atoms with van der Waals surface area (Å²) in [5, 5.41) is 0. The van der Waals surface area contributed by atoms with E-state index in [2.05, 4.69) is 22.9 Å². The van der Waals surface area contributed by atoms with E-state index < -0.39 is 0 Å². The van der Waals surface area contributed by atoms with Crippen molar-refractivity contribution in [2.45, 2.75) is 45.6 Å². The Balaban J connectivity index is 2.13. The number of carbonyl (C=O) groups excluding carboxylic acids is 1. The first-order valence-corrected chi connectivity index (χ1v) is 7.81. The van der Waals surface area contributed by atoms with Crippen molar-refractivity contribution < 1.29 is 4.79 Å². The van der Waals surface area contributed by atoms with E-state index in [-0.39, 0.29) is 5.91 Å². The van der Waals surface area contributed by atoms with Crippen LogP contribution in [-0.2, 0) is 0 Å². The van der Waals surface area contributed by atoms with Crippen LogP contribution in [0.1, 0.15) is 48.5 Å². The van der Waals surface area contributed by atoms with Gasteiger partial charge in [0.2, 0.25) is 0 Å². The first-order chi connectivity index (χ1) is 8.97. The summed E-state index contributed by atoms with van der Waals surface area (Å²) in [5.41, 5.74) is 1.90. The topological polar surface area (TPSA) is 20.3 Å². The summed E-state index contributed by atoms with van der Waals surface area (Å²) >= 11 is 3.47. The van der Waals surface area contributed by atoms with E-state index in [1.807, 2.05) is 37.1 Å². The average molecular weight is 324 g/mol. The van der Waals surface area contributed by atoms with Crippen LogP contribution in [-0.4, -0.2) is 23.9 Å². The Morgan fingerprint density at radius 3 is 2.68 bits per heavy atom. The van der Waals surface area contributed by atoms with Gasteiger partial charge in [-0.15, -0.1) is 0 Å². The highest BCUT2D eigenvalue weighted by molar-refractivity contribution is 9.10. The third kappa shape index (κ3) is 3.59. The summed E-state index contributed by atoms with van der Waals surface area (Å²) in [5.74, 6) is 0.877. The molecule has 0 aliphatic heterocycles. The molecule has 1 aliphatic carbocycles. The zero-order valence-corrected chi connectivity index (χ0v) is 13.5.